The minimum Gasteiger partial charge on any atom is -0.352 e. The summed E-state index contributed by atoms with van der Waals surface area (Å²) in [6.07, 6.45) is 0. The smallest absolute Gasteiger partial charge is 0.312 e. The first-order chi connectivity index (χ1) is 6.68. The number of carbonyl (C=O) groups is 1. The molecule has 1 aromatic heterocycles. The highest BCUT2D eigenvalue weighted by Gasteiger charge is 1.95. The van der Waals surface area contributed by atoms with Gasteiger partial charge in [-0.3, -0.25) is 0 Å². The van der Waals surface area contributed by atoms with Gasteiger partial charge in [0, 0.05) is 29.4 Å². The highest BCUT2D eigenvalue weighted by molar-refractivity contribution is 7.11. The van der Waals surface area contributed by atoms with E-state index in [2.05, 4.69) is 29.7 Å². The number of rotatable bonds is 5. The zero-order valence-electron chi connectivity index (χ0n) is 8.17. The Morgan fingerprint density at radius 2 is 2.29 bits per heavy atom. The predicted molar refractivity (Wildman–Crippen MR) is 58.3 cm³/mol. The summed E-state index contributed by atoms with van der Waals surface area (Å²) in [5.41, 5.74) is 4.91. The van der Waals surface area contributed by atoms with Crippen LogP contribution in [-0.4, -0.2) is 19.1 Å². The molecule has 0 aliphatic heterocycles. The van der Waals surface area contributed by atoms with Gasteiger partial charge in [0.15, 0.2) is 0 Å². The fourth-order valence-electron chi connectivity index (χ4n) is 1.07. The normalized spacial score (nSPS) is 10.1. The maximum absolute atomic E-state index is 10.3. The Morgan fingerprint density at radius 3 is 2.86 bits per heavy atom. The third kappa shape index (κ3) is 4.25. The topological polar surface area (TPSA) is 67.2 Å². The molecule has 0 radical (unpaired) electrons. The maximum atomic E-state index is 10.3. The first kappa shape index (κ1) is 11.0. The molecular formula is C9H15N3OS. The molecule has 0 unspecified atom stereocenters. The van der Waals surface area contributed by atoms with E-state index in [9.17, 15) is 4.79 Å². The van der Waals surface area contributed by atoms with E-state index in [1.54, 1.807) is 11.3 Å². The standard InChI is InChI=1S/C9H15N3OS/c1-7-2-3-8(14-7)6-11-4-5-12-9(10)13/h2-3,11H,4-6H2,1H3,(H3,10,12,13). The van der Waals surface area contributed by atoms with Crippen LogP contribution >= 0.6 is 11.3 Å². The van der Waals surface area contributed by atoms with Crippen molar-refractivity contribution in [3.63, 3.8) is 0 Å². The van der Waals surface area contributed by atoms with Crippen LogP contribution in [0.25, 0.3) is 0 Å². The van der Waals surface area contributed by atoms with Gasteiger partial charge in [-0.05, 0) is 19.1 Å². The van der Waals surface area contributed by atoms with Gasteiger partial charge in [-0.1, -0.05) is 0 Å². The Balaban J connectivity index is 2.07. The molecule has 14 heavy (non-hydrogen) atoms. The molecule has 5 heteroatoms. The second-order valence-corrected chi connectivity index (χ2v) is 4.35. The highest BCUT2D eigenvalue weighted by atomic mass is 32.1. The molecule has 1 aromatic rings. The number of amides is 2. The number of urea groups is 1. The lowest BCUT2D eigenvalue weighted by atomic mass is 10.4. The first-order valence-corrected chi connectivity index (χ1v) is 5.29. The van der Waals surface area contributed by atoms with E-state index in [4.69, 9.17) is 5.73 Å². The SMILES string of the molecule is Cc1ccc(CNCCNC(N)=O)s1. The predicted octanol–water partition coefficient (Wildman–Crippen LogP) is 0.814. The van der Waals surface area contributed by atoms with Crippen molar-refractivity contribution in [2.24, 2.45) is 5.73 Å². The summed E-state index contributed by atoms with van der Waals surface area (Å²) in [6, 6.07) is 3.73. The molecule has 0 atom stereocenters. The van der Waals surface area contributed by atoms with Gasteiger partial charge in [0.1, 0.15) is 0 Å². The van der Waals surface area contributed by atoms with Crippen LogP contribution in [0, 0.1) is 6.92 Å². The molecule has 78 valence electrons. The Labute approximate surface area is 87.5 Å². The number of hydrogen-bond donors (Lipinski definition) is 3. The molecule has 0 bridgehead atoms. The number of primary amides is 1. The van der Waals surface area contributed by atoms with Gasteiger partial charge in [0.2, 0.25) is 0 Å². The van der Waals surface area contributed by atoms with Crippen molar-refractivity contribution in [2.75, 3.05) is 13.1 Å². The van der Waals surface area contributed by atoms with E-state index in [0.29, 0.717) is 6.54 Å². The summed E-state index contributed by atoms with van der Waals surface area (Å²) < 4.78 is 0. The zero-order chi connectivity index (χ0) is 10.4. The molecule has 0 aliphatic carbocycles. The third-order valence-corrected chi connectivity index (χ3v) is 2.70. The van der Waals surface area contributed by atoms with Crippen molar-refractivity contribution in [3.05, 3.63) is 21.9 Å². The Hall–Kier alpha value is -1.07. The van der Waals surface area contributed by atoms with Gasteiger partial charge in [-0.25, -0.2) is 4.79 Å². The zero-order valence-corrected chi connectivity index (χ0v) is 8.99. The van der Waals surface area contributed by atoms with Crippen LogP contribution < -0.4 is 16.4 Å². The minimum absolute atomic E-state index is 0.473. The number of nitrogens with one attached hydrogen (secondary N) is 2. The molecular weight excluding hydrogens is 198 g/mol. The monoisotopic (exact) mass is 213 g/mol. The summed E-state index contributed by atoms with van der Waals surface area (Å²) in [4.78, 5) is 12.9. The van der Waals surface area contributed by atoms with Crippen LogP contribution in [-0.2, 0) is 6.54 Å². The lowest BCUT2D eigenvalue weighted by Gasteiger charge is -2.02. The van der Waals surface area contributed by atoms with Gasteiger partial charge in [-0.2, -0.15) is 0 Å². The van der Waals surface area contributed by atoms with E-state index < -0.39 is 6.03 Å². The van der Waals surface area contributed by atoms with Crippen LogP contribution in [0.15, 0.2) is 12.1 Å². The molecule has 4 nitrogen and oxygen atoms in total. The lowest BCUT2D eigenvalue weighted by Crippen LogP contribution is -2.35. The Kier molecular flexibility index (Phi) is 4.42. The van der Waals surface area contributed by atoms with Crippen molar-refractivity contribution in [2.45, 2.75) is 13.5 Å². The molecule has 1 heterocycles. The molecule has 4 N–H and O–H groups in total. The van der Waals surface area contributed by atoms with Crippen LogP contribution in [0.4, 0.5) is 4.79 Å². The average molecular weight is 213 g/mol. The van der Waals surface area contributed by atoms with E-state index in [0.717, 1.165) is 13.1 Å². The second kappa shape index (κ2) is 5.62. The van der Waals surface area contributed by atoms with E-state index in [-0.39, 0.29) is 0 Å². The number of hydrogen-bond acceptors (Lipinski definition) is 3. The fourth-order valence-corrected chi connectivity index (χ4v) is 1.93. The third-order valence-electron chi connectivity index (χ3n) is 1.70. The first-order valence-electron chi connectivity index (χ1n) is 4.48. The average Bonchev–Trinajstić information content (AvgIpc) is 2.50. The molecule has 0 aromatic carbocycles. The molecule has 2 amide bonds. The quantitative estimate of drug-likeness (QED) is 0.634. The largest absolute Gasteiger partial charge is 0.352 e. The fraction of sp³-hybridized carbons (Fsp3) is 0.444. The lowest BCUT2D eigenvalue weighted by molar-refractivity contribution is 0.249. The van der Waals surface area contributed by atoms with Crippen molar-refractivity contribution >= 4 is 17.4 Å². The van der Waals surface area contributed by atoms with E-state index in [1.807, 2.05) is 0 Å². The maximum Gasteiger partial charge on any atom is 0.312 e. The number of thiophene rings is 1. The number of aryl methyl sites for hydroxylation is 1. The van der Waals surface area contributed by atoms with E-state index >= 15 is 0 Å². The molecule has 0 aliphatic rings. The molecule has 0 fully saturated rings. The van der Waals surface area contributed by atoms with Gasteiger partial charge in [0.05, 0.1) is 0 Å². The van der Waals surface area contributed by atoms with Gasteiger partial charge >= 0.3 is 6.03 Å². The molecule has 0 saturated carbocycles. The van der Waals surface area contributed by atoms with Gasteiger partial charge in [-0.15, -0.1) is 11.3 Å². The van der Waals surface area contributed by atoms with Crippen molar-refractivity contribution < 1.29 is 4.79 Å². The minimum atomic E-state index is -0.473. The van der Waals surface area contributed by atoms with Gasteiger partial charge < -0.3 is 16.4 Å². The summed E-state index contributed by atoms with van der Waals surface area (Å²) >= 11 is 1.78. The number of carbonyl (C=O) groups excluding carboxylic acids is 1. The molecule has 1 rings (SSSR count). The van der Waals surface area contributed by atoms with Crippen LogP contribution in [0.1, 0.15) is 9.75 Å². The Bertz CT molecular complexity index is 298. The van der Waals surface area contributed by atoms with Crippen LogP contribution in [0.5, 0.6) is 0 Å². The van der Waals surface area contributed by atoms with Crippen molar-refractivity contribution in [1.82, 2.24) is 10.6 Å². The summed E-state index contributed by atoms with van der Waals surface area (Å²) in [7, 11) is 0. The van der Waals surface area contributed by atoms with Crippen molar-refractivity contribution in [1.29, 1.82) is 0 Å². The van der Waals surface area contributed by atoms with Crippen molar-refractivity contribution in [3.8, 4) is 0 Å². The van der Waals surface area contributed by atoms with Crippen LogP contribution in [0.3, 0.4) is 0 Å². The van der Waals surface area contributed by atoms with E-state index in [1.165, 1.54) is 9.75 Å². The summed E-state index contributed by atoms with van der Waals surface area (Å²) in [5.74, 6) is 0. The molecule has 0 spiro atoms. The summed E-state index contributed by atoms with van der Waals surface area (Å²) in [5, 5.41) is 5.73. The van der Waals surface area contributed by atoms with Crippen LogP contribution in [0.2, 0.25) is 0 Å². The molecule has 0 saturated heterocycles. The van der Waals surface area contributed by atoms with Gasteiger partial charge in [0.25, 0.3) is 0 Å². The number of nitrogens with two attached hydrogens (primary N) is 1. The highest BCUT2D eigenvalue weighted by Crippen LogP contribution is 2.13. The summed E-state index contributed by atoms with van der Waals surface area (Å²) in [6.45, 7) is 4.24. The second-order valence-electron chi connectivity index (χ2n) is 2.98. The Morgan fingerprint density at radius 1 is 1.50 bits per heavy atom.